The number of hydrogen-bond acceptors (Lipinski definition) is 2. The molecule has 0 saturated heterocycles. The molecule has 1 aliphatic carbocycles. The Balaban J connectivity index is 0.00000364. The molecule has 1 aromatic rings. The van der Waals surface area contributed by atoms with Crippen LogP contribution in [-0.2, 0) is 0 Å². The van der Waals surface area contributed by atoms with Crippen molar-refractivity contribution in [3.05, 3.63) is 30.1 Å². The molecule has 1 fully saturated rings. The molecule has 0 aromatic heterocycles. The zero-order valence-corrected chi connectivity index (χ0v) is 17.7. The number of benzene rings is 1. The summed E-state index contributed by atoms with van der Waals surface area (Å²) in [7, 11) is 1.56. The highest BCUT2D eigenvalue weighted by atomic mass is 127. The van der Waals surface area contributed by atoms with E-state index in [0.29, 0.717) is 25.3 Å². The quantitative estimate of drug-likeness (QED) is 0.269. The van der Waals surface area contributed by atoms with E-state index in [0.717, 1.165) is 0 Å². The van der Waals surface area contributed by atoms with Crippen LogP contribution in [0.4, 0.5) is 17.6 Å². The number of nitrogens with zero attached hydrogens (tertiary/aromatic N) is 1. The Morgan fingerprint density at radius 1 is 1.30 bits per heavy atom. The van der Waals surface area contributed by atoms with Crippen LogP contribution in [0.1, 0.15) is 32.6 Å². The van der Waals surface area contributed by atoms with Crippen LogP contribution < -0.4 is 15.4 Å². The standard InChI is InChI=1S/C18H25F4N3O.HI/c1-12(26-16-9-4-3-8-15(16)19)11-24-17(23-2)25-14-7-5-6-13(10-14)18(20,21)22;/h3-4,8-9,12-14H,5-7,10-11H2,1-2H3,(H2,23,24,25);1H. The lowest BCUT2D eigenvalue weighted by Crippen LogP contribution is -2.48. The van der Waals surface area contributed by atoms with Gasteiger partial charge in [-0.15, -0.1) is 24.0 Å². The minimum absolute atomic E-state index is 0. The molecule has 27 heavy (non-hydrogen) atoms. The molecule has 1 aliphatic rings. The maximum Gasteiger partial charge on any atom is 0.391 e. The smallest absolute Gasteiger partial charge is 0.391 e. The molecule has 2 N–H and O–H groups in total. The third-order valence-corrected chi connectivity index (χ3v) is 4.42. The molecule has 9 heteroatoms. The first-order valence-electron chi connectivity index (χ1n) is 8.74. The van der Waals surface area contributed by atoms with Crippen molar-refractivity contribution < 1.29 is 22.3 Å². The summed E-state index contributed by atoms with van der Waals surface area (Å²) in [5.41, 5.74) is 0. The van der Waals surface area contributed by atoms with Crippen molar-refractivity contribution in [3.63, 3.8) is 0 Å². The van der Waals surface area contributed by atoms with Gasteiger partial charge in [0.05, 0.1) is 12.5 Å². The number of guanidine groups is 1. The van der Waals surface area contributed by atoms with Gasteiger partial charge in [0.1, 0.15) is 6.10 Å². The van der Waals surface area contributed by atoms with Gasteiger partial charge in [-0.05, 0) is 38.3 Å². The average Bonchev–Trinajstić information content (AvgIpc) is 2.60. The summed E-state index contributed by atoms with van der Waals surface area (Å²) in [6.45, 7) is 2.11. The Morgan fingerprint density at radius 3 is 2.63 bits per heavy atom. The highest BCUT2D eigenvalue weighted by Gasteiger charge is 2.42. The van der Waals surface area contributed by atoms with Gasteiger partial charge in [0.2, 0.25) is 0 Å². The summed E-state index contributed by atoms with van der Waals surface area (Å²) < 4.78 is 57.8. The molecule has 1 saturated carbocycles. The lowest BCUT2D eigenvalue weighted by Gasteiger charge is -2.32. The maximum atomic E-state index is 13.6. The summed E-state index contributed by atoms with van der Waals surface area (Å²) in [5, 5.41) is 6.07. The van der Waals surface area contributed by atoms with Gasteiger partial charge in [0.25, 0.3) is 0 Å². The maximum absolute atomic E-state index is 13.6. The third-order valence-electron chi connectivity index (χ3n) is 4.42. The van der Waals surface area contributed by atoms with Gasteiger partial charge < -0.3 is 15.4 Å². The van der Waals surface area contributed by atoms with E-state index in [1.54, 1.807) is 26.1 Å². The topological polar surface area (TPSA) is 45.7 Å². The van der Waals surface area contributed by atoms with Gasteiger partial charge in [0, 0.05) is 13.1 Å². The van der Waals surface area contributed by atoms with Gasteiger partial charge in [-0.1, -0.05) is 18.6 Å². The van der Waals surface area contributed by atoms with Crippen molar-refractivity contribution >= 4 is 29.9 Å². The van der Waals surface area contributed by atoms with E-state index in [-0.39, 0.29) is 54.7 Å². The first kappa shape index (κ1) is 23.8. The largest absolute Gasteiger partial charge is 0.486 e. The van der Waals surface area contributed by atoms with E-state index >= 15 is 0 Å². The van der Waals surface area contributed by atoms with Crippen LogP contribution in [0.15, 0.2) is 29.3 Å². The highest BCUT2D eigenvalue weighted by Crippen LogP contribution is 2.37. The molecule has 3 unspecified atom stereocenters. The summed E-state index contributed by atoms with van der Waals surface area (Å²) in [5.74, 6) is -1.13. The molecule has 0 amide bonds. The van der Waals surface area contributed by atoms with E-state index in [1.807, 2.05) is 0 Å². The van der Waals surface area contributed by atoms with Crippen LogP contribution in [0.25, 0.3) is 0 Å². The van der Waals surface area contributed by atoms with E-state index in [1.165, 1.54) is 12.1 Å². The van der Waals surface area contributed by atoms with Crippen molar-refractivity contribution in [2.24, 2.45) is 10.9 Å². The fourth-order valence-corrected chi connectivity index (χ4v) is 3.05. The van der Waals surface area contributed by atoms with Gasteiger partial charge in [-0.25, -0.2) is 4.39 Å². The number of ether oxygens (including phenoxy) is 1. The zero-order valence-electron chi connectivity index (χ0n) is 15.4. The summed E-state index contributed by atoms with van der Waals surface area (Å²) >= 11 is 0. The monoisotopic (exact) mass is 503 g/mol. The summed E-state index contributed by atoms with van der Waals surface area (Å²) in [4.78, 5) is 4.05. The lowest BCUT2D eigenvalue weighted by molar-refractivity contribution is -0.183. The minimum atomic E-state index is -4.15. The second kappa shape index (κ2) is 10.9. The molecule has 0 aliphatic heterocycles. The molecule has 154 valence electrons. The minimum Gasteiger partial charge on any atom is -0.486 e. The van der Waals surface area contributed by atoms with Gasteiger partial charge in [-0.2, -0.15) is 13.2 Å². The van der Waals surface area contributed by atoms with Crippen molar-refractivity contribution in [2.45, 2.75) is 50.9 Å². The Hall–Kier alpha value is -1.26. The predicted octanol–water partition coefficient (Wildman–Crippen LogP) is 4.50. The number of nitrogens with one attached hydrogen (secondary N) is 2. The van der Waals surface area contributed by atoms with Crippen molar-refractivity contribution in [2.75, 3.05) is 13.6 Å². The predicted molar refractivity (Wildman–Crippen MR) is 108 cm³/mol. The number of halogens is 5. The SMILES string of the molecule is CN=C(NCC(C)Oc1ccccc1F)NC1CCCC(C(F)(F)F)C1.I. The van der Waals surface area contributed by atoms with Gasteiger partial charge in [-0.3, -0.25) is 4.99 Å². The Bertz CT molecular complexity index is 613. The van der Waals surface area contributed by atoms with Crippen LogP contribution in [-0.4, -0.2) is 37.9 Å². The number of hydrogen-bond donors (Lipinski definition) is 2. The summed E-state index contributed by atoms with van der Waals surface area (Å²) in [6, 6.07) is 5.84. The molecule has 0 bridgehead atoms. The van der Waals surface area contributed by atoms with Crippen molar-refractivity contribution in [1.29, 1.82) is 0 Å². The van der Waals surface area contributed by atoms with E-state index < -0.39 is 17.9 Å². The Kier molecular flexibility index (Phi) is 9.61. The van der Waals surface area contributed by atoms with E-state index in [2.05, 4.69) is 15.6 Å². The molecule has 0 heterocycles. The number of para-hydroxylation sites is 1. The normalized spacial score (nSPS) is 21.8. The number of rotatable bonds is 5. The molecular formula is C18H26F4IN3O. The second-order valence-electron chi connectivity index (χ2n) is 6.56. The molecule has 3 atom stereocenters. The van der Waals surface area contributed by atoms with Crippen molar-refractivity contribution in [3.8, 4) is 5.75 Å². The molecule has 0 spiro atoms. The fraction of sp³-hybridized carbons (Fsp3) is 0.611. The third kappa shape index (κ3) is 7.71. The second-order valence-corrected chi connectivity index (χ2v) is 6.56. The molecule has 0 radical (unpaired) electrons. The molecular weight excluding hydrogens is 477 g/mol. The van der Waals surface area contributed by atoms with Gasteiger partial charge in [0.15, 0.2) is 17.5 Å². The Labute approximate surface area is 174 Å². The van der Waals surface area contributed by atoms with Crippen LogP contribution in [0.5, 0.6) is 5.75 Å². The molecule has 1 aromatic carbocycles. The van der Waals surface area contributed by atoms with Gasteiger partial charge >= 0.3 is 6.18 Å². The molecule has 4 nitrogen and oxygen atoms in total. The molecule has 2 rings (SSSR count). The van der Waals surface area contributed by atoms with Crippen LogP contribution >= 0.6 is 24.0 Å². The first-order chi connectivity index (χ1) is 12.3. The van der Waals surface area contributed by atoms with Crippen LogP contribution in [0.2, 0.25) is 0 Å². The number of aliphatic imine (C=N–C) groups is 1. The van der Waals surface area contributed by atoms with E-state index in [4.69, 9.17) is 4.74 Å². The fourth-order valence-electron chi connectivity index (χ4n) is 3.05. The van der Waals surface area contributed by atoms with Crippen molar-refractivity contribution in [1.82, 2.24) is 10.6 Å². The zero-order chi connectivity index (χ0) is 19.2. The highest BCUT2D eigenvalue weighted by molar-refractivity contribution is 14.0. The van der Waals surface area contributed by atoms with Crippen LogP contribution in [0.3, 0.4) is 0 Å². The first-order valence-corrected chi connectivity index (χ1v) is 8.74. The average molecular weight is 503 g/mol. The lowest BCUT2D eigenvalue weighted by atomic mass is 9.85. The Morgan fingerprint density at radius 2 is 2.00 bits per heavy atom. The van der Waals surface area contributed by atoms with E-state index in [9.17, 15) is 17.6 Å². The van der Waals surface area contributed by atoms with Crippen LogP contribution in [0, 0.1) is 11.7 Å². The summed E-state index contributed by atoms with van der Waals surface area (Å²) in [6.07, 6.45) is -3.06. The number of alkyl halides is 3.